The molecule has 0 bridgehead atoms. The predicted octanol–water partition coefficient (Wildman–Crippen LogP) is 2.74. The van der Waals surface area contributed by atoms with Crippen LogP contribution in [0.2, 0.25) is 0 Å². The molecule has 1 aromatic rings. The van der Waals surface area contributed by atoms with Gasteiger partial charge in [-0.2, -0.15) is 0 Å². The van der Waals surface area contributed by atoms with Gasteiger partial charge in [0, 0.05) is 5.56 Å². The van der Waals surface area contributed by atoms with Crippen LogP contribution in [0.25, 0.3) is 0 Å². The summed E-state index contributed by atoms with van der Waals surface area (Å²) in [5.41, 5.74) is 1.48. The number of aromatic hydroxyl groups is 1. The molecule has 1 nitrogen and oxygen atoms in total. The van der Waals surface area contributed by atoms with E-state index < -0.39 is 6.17 Å². The molecule has 0 spiro atoms. The number of aryl methyl sites for hydroxylation is 1. The first-order chi connectivity index (χ1) is 5.79. The number of hydrogen-bond acceptors (Lipinski definition) is 1. The van der Waals surface area contributed by atoms with Gasteiger partial charge in [0.1, 0.15) is 11.9 Å². The maximum absolute atomic E-state index is 13.3. The fourth-order valence-corrected chi connectivity index (χ4v) is 1.80. The molecule has 1 aromatic carbocycles. The highest BCUT2D eigenvalue weighted by molar-refractivity contribution is 5.42. The highest BCUT2D eigenvalue weighted by atomic mass is 19.1. The molecule has 1 atom stereocenters. The summed E-state index contributed by atoms with van der Waals surface area (Å²) in [5, 5.41) is 9.39. The number of alkyl halides is 1. The van der Waals surface area contributed by atoms with Gasteiger partial charge in [-0.3, -0.25) is 0 Å². The summed E-state index contributed by atoms with van der Waals surface area (Å²) in [5.74, 6) is 0.111. The standard InChI is InChI=1S/C10H11FO/c11-8-5-1-3-7-4-2-6-9(12)10(7)8/h2,4,6,8,12H,1,3,5H2. The van der Waals surface area contributed by atoms with Gasteiger partial charge >= 0.3 is 0 Å². The third-order valence-corrected chi connectivity index (χ3v) is 2.39. The zero-order valence-electron chi connectivity index (χ0n) is 6.76. The predicted molar refractivity (Wildman–Crippen MR) is 44.9 cm³/mol. The molecule has 1 aliphatic rings. The maximum Gasteiger partial charge on any atom is 0.129 e. The van der Waals surface area contributed by atoms with Gasteiger partial charge in [-0.15, -0.1) is 0 Å². The molecule has 0 radical (unpaired) electrons. The van der Waals surface area contributed by atoms with E-state index in [-0.39, 0.29) is 5.75 Å². The zero-order chi connectivity index (χ0) is 8.55. The Kier molecular flexibility index (Phi) is 1.75. The van der Waals surface area contributed by atoms with Crippen molar-refractivity contribution < 1.29 is 9.50 Å². The van der Waals surface area contributed by atoms with E-state index in [1.807, 2.05) is 6.07 Å². The lowest BCUT2D eigenvalue weighted by atomic mass is 9.90. The minimum Gasteiger partial charge on any atom is -0.508 e. The van der Waals surface area contributed by atoms with E-state index in [2.05, 4.69) is 0 Å². The highest BCUT2D eigenvalue weighted by Gasteiger charge is 2.21. The molecule has 2 rings (SSSR count). The van der Waals surface area contributed by atoms with Gasteiger partial charge in [0.2, 0.25) is 0 Å². The lowest BCUT2D eigenvalue weighted by molar-refractivity contribution is 0.291. The minimum absolute atomic E-state index is 0.111. The first kappa shape index (κ1) is 7.59. The topological polar surface area (TPSA) is 20.2 Å². The maximum atomic E-state index is 13.3. The Morgan fingerprint density at radius 3 is 3.00 bits per heavy atom. The molecule has 0 amide bonds. The number of halogens is 1. The van der Waals surface area contributed by atoms with Crippen LogP contribution in [0.4, 0.5) is 4.39 Å². The number of fused-ring (bicyclic) bond motifs is 1. The summed E-state index contributed by atoms with van der Waals surface area (Å²) in [6, 6.07) is 5.21. The number of rotatable bonds is 0. The molecule has 64 valence electrons. The van der Waals surface area contributed by atoms with Crippen molar-refractivity contribution in [1.29, 1.82) is 0 Å². The molecule has 1 N–H and O–H groups in total. The van der Waals surface area contributed by atoms with Gasteiger partial charge in [-0.05, 0) is 30.9 Å². The van der Waals surface area contributed by atoms with E-state index in [0.717, 1.165) is 18.4 Å². The van der Waals surface area contributed by atoms with Crippen LogP contribution in [-0.2, 0) is 6.42 Å². The molecule has 0 saturated carbocycles. The lowest BCUT2D eigenvalue weighted by Gasteiger charge is -2.19. The summed E-state index contributed by atoms with van der Waals surface area (Å²) >= 11 is 0. The van der Waals surface area contributed by atoms with Crippen molar-refractivity contribution >= 4 is 0 Å². The van der Waals surface area contributed by atoms with E-state index in [9.17, 15) is 9.50 Å². The second-order valence-electron chi connectivity index (χ2n) is 3.21. The Labute approximate surface area is 70.8 Å². The Balaban J connectivity index is 2.53. The fraction of sp³-hybridized carbons (Fsp3) is 0.400. The molecule has 2 heteroatoms. The molecule has 0 saturated heterocycles. The Hall–Kier alpha value is -1.05. The third-order valence-electron chi connectivity index (χ3n) is 2.39. The first-order valence-electron chi connectivity index (χ1n) is 4.24. The molecular weight excluding hydrogens is 155 g/mol. The number of phenolic OH excluding ortho intramolecular Hbond substituents is 1. The first-order valence-corrected chi connectivity index (χ1v) is 4.24. The lowest BCUT2D eigenvalue weighted by Crippen LogP contribution is -2.05. The smallest absolute Gasteiger partial charge is 0.129 e. The average Bonchev–Trinajstić information content (AvgIpc) is 2.04. The van der Waals surface area contributed by atoms with Crippen LogP contribution in [0, 0.1) is 0 Å². The van der Waals surface area contributed by atoms with E-state index >= 15 is 0 Å². The minimum atomic E-state index is -0.963. The van der Waals surface area contributed by atoms with Crippen molar-refractivity contribution in [2.75, 3.05) is 0 Å². The van der Waals surface area contributed by atoms with E-state index in [1.54, 1.807) is 12.1 Å². The molecule has 0 aliphatic heterocycles. The van der Waals surface area contributed by atoms with Crippen LogP contribution >= 0.6 is 0 Å². The van der Waals surface area contributed by atoms with Gasteiger partial charge in [0.05, 0.1) is 0 Å². The Morgan fingerprint density at radius 2 is 2.25 bits per heavy atom. The summed E-state index contributed by atoms with van der Waals surface area (Å²) in [6.07, 6.45) is 1.36. The zero-order valence-corrected chi connectivity index (χ0v) is 6.76. The molecule has 0 fully saturated rings. The van der Waals surface area contributed by atoms with Crippen molar-refractivity contribution in [3.8, 4) is 5.75 Å². The van der Waals surface area contributed by atoms with Crippen LogP contribution in [0.15, 0.2) is 18.2 Å². The molecular formula is C10H11FO. The summed E-state index contributed by atoms with van der Waals surface area (Å²) in [6.45, 7) is 0. The van der Waals surface area contributed by atoms with Gasteiger partial charge in [0.25, 0.3) is 0 Å². The van der Waals surface area contributed by atoms with E-state index in [1.165, 1.54) is 0 Å². The van der Waals surface area contributed by atoms with Crippen LogP contribution in [-0.4, -0.2) is 5.11 Å². The quantitative estimate of drug-likeness (QED) is 0.628. The number of phenols is 1. The van der Waals surface area contributed by atoms with Gasteiger partial charge in [-0.25, -0.2) is 4.39 Å². The fourth-order valence-electron chi connectivity index (χ4n) is 1.80. The van der Waals surface area contributed by atoms with Gasteiger partial charge in [0.15, 0.2) is 0 Å². The molecule has 1 aliphatic carbocycles. The Morgan fingerprint density at radius 1 is 1.42 bits per heavy atom. The summed E-state index contributed by atoms with van der Waals surface area (Å²) < 4.78 is 13.3. The number of benzene rings is 1. The van der Waals surface area contributed by atoms with Crippen molar-refractivity contribution in [2.45, 2.75) is 25.4 Å². The normalized spacial score (nSPS) is 21.9. The van der Waals surface area contributed by atoms with Crippen molar-refractivity contribution in [3.05, 3.63) is 29.3 Å². The van der Waals surface area contributed by atoms with Gasteiger partial charge in [-0.1, -0.05) is 12.1 Å². The van der Waals surface area contributed by atoms with Crippen molar-refractivity contribution in [3.63, 3.8) is 0 Å². The second-order valence-corrected chi connectivity index (χ2v) is 3.21. The third kappa shape index (κ3) is 1.07. The summed E-state index contributed by atoms with van der Waals surface area (Å²) in [4.78, 5) is 0. The van der Waals surface area contributed by atoms with Gasteiger partial charge < -0.3 is 5.11 Å². The molecule has 0 heterocycles. The van der Waals surface area contributed by atoms with E-state index in [0.29, 0.717) is 12.0 Å². The monoisotopic (exact) mass is 166 g/mol. The molecule has 1 unspecified atom stereocenters. The largest absolute Gasteiger partial charge is 0.508 e. The Bertz CT molecular complexity index is 296. The molecule has 0 aromatic heterocycles. The SMILES string of the molecule is Oc1cccc2c1C(F)CCC2. The average molecular weight is 166 g/mol. The van der Waals surface area contributed by atoms with Crippen LogP contribution in [0.3, 0.4) is 0 Å². The second kappa shape index (κ2) is 2.77. The summed E-state index contributed by atoms with van der Waals surface area (Å²) in [7, 11) is 0. The van der Waals surface area contributed by atoms with E-state index in [4.69, 9.17) is 0 Å². The van der Waals surface area contributed by atoms with Crippen molar-refractivity contribution in [2.24, 2.45) is 0 Å². The highest BCUT2D eigenvalue weighted by Crippen LogP contribution is 2.37. The van der Waals surface area contributed by atoms with Crippen molar-refractivity contribution in [1.82, 2.24) is 0 Å². The number of hydrogen-bond donors (Lipinski definition) is 1. The molecule has 12 heavy (non-hydrogen) atoms. The van der Waals surface area contributed by atoms with Crippen LogP contribution in [0.1, 0.15) is 30.1 Å². The van der Waals surface area contributed by atoms with Crippen LogP contribution in [0.5, 0.6) is 5.75 Å². The van der Waals surface area contributed by atoms with Crippen LogP contribution < -0.4 is 0 Å².